The van der Waals surface area contributed by atoms with Gasteiger partial charge < -0.3 is 20.1 Å². The first-order valence-electron chi connectivity index (χ1n) is 8.20. The Bertz CT molecular complexity index is 858. The molecule has 0 bridgehead atoms. The van der Waals surface area contributed by atoms with Crippen molar-refractivity contribution in [2.24, 2.45) is 0 Å². The molecule has 2 amide bonds. The summed E-state index contributed by atoms with van der Waals surface area (Å²) in [7, 11) is 0. The summed E-state index contributed by atoms with van der Waals surface area (Å²) in [5, 5.41) is 5.33. The van der Waals surface area contributed by atoms with Crippen LogP contribution in [0.3, 0.4) is 0 Å². The van der Waals surface area contributed by atoms with Crippen LogP contribution in [0.1, 0.15) is 5.56 Å². The van der Waals surface area contributed by atoms with Crippen LogP contribution in [0.2, 0.25) is 5.02 Å². The summed E-state index contributed by atoms with van der Waals surface area (Å²) >= 11 is 5.83. The van der Waals surface area contributed by atoms with Crippen molar-refractivity contribution in [1.29, 1.82) is 0 Å². The highest BCUT2D eigenvalue weighted by atomic mass is 35.5. The molecule has 2 aromatic rings. The maximum Gasteiger partial charge on any atom is 0.344 e. The lowest BCUT2D eigenvalue weighted by molar-refractivity contribution is -0.150. The standard InChI is InChI=1S/C19H18ClFN2O5/c1-12-8-13(20)2-7-16(12)27-11-19(26)28-10-18(25)22-9-17(24)23-15-5-3-14(21)4-6-15/h2-8H,9-11H2,1H3,(H,22,25)(H,23,24). The van der Waals surface area contributed by atoms with E-state index in [4.69, 9.17) is 21.1 Å². The SMILES string of the molecule is Cc1cc(Cl)ccc1OCC(=O)OCC(=O)NCC(=O)Nc1ccc(F)cc1. The fourth-order valence-corrected chi connectivity index (χ4v) is 2.29. The van der Waals surface area contributed by atoms with Gasteiger partial charge in [0.05, 0.1) is 6.54 Å². The molecule has 7 nitrogen and oxygen atoms in total. The first-order valence-corrected chi connectivity index (χ1v) is 8.58. The molecule has 0 saturated carbocycles. The molecule has 0 spiro atoms. The molecule has 0 fully saturated rings. The van der Waals surface area contributed by atoms with Crippen LogP contribution in [-0.4, -0.2) is 37.5 Å². The second kappa shape index (κ2) is 10.3. The number of ether oxygens (including phenoxy) is 2. The minimum absolute atomic E-state index is 0.325. The van der Waals surface area contributed by atoms with Gasteiger partial charge in [-0.05, 0) is 55.0 Å². The fourth-order valence-electron chi connectivity index (χ4n) is 2.07. The van der Waals surface area contributed by atoms with E-state index in [1.54, 1.807) is 25.1 Å². The normalized spacial score (nSPS) is 10.1. The highest BCUT2D eigenvalue weighted by Crippen LogP contribution is 2.21. The lowest BCUT2D eigenvalue weighted by Crippen LogP contribution is -2.36. The predicted octanol–water partition coefficient (Wildman–Crippen LogP) is 2.46. The second-order valence-electron chi connectivity index (χ2n) is 5.69. The van der Waals surface area contributed by atoms with Gasteiger partial charge in [0, 0.05) is 10.7 Å². The van der Waals surface area contributed by atoms with E-state index in [0.29, 0.717) is 16.5 Å². The Morgan fingerprint density at radius 3 is 2.43 bits per heavy atom. The maximum absolute atomic E-state index is 12.8. The number of aryl methyl sites for hydroxylation is 1. The Morgan fingerprint density at radius 2 is 1.75 bits per heavy atom. The van der Waals surface area contributed by atoms with Gasteiger partial charge in [-0.3, -0.25) is 9.59 Å². The molecule has 2 aromatic carbocycles. The summed E-state index contributed by atoms with van der Waals surface area (Å²) in [6.45, 7) is 0.525. The summed E-state index contributed by atoms with van der Waals surface area (Å²) in [4.78, 5) is 35.0. The number of esters is 1. The van der Waals surface area contributed by atoms with Gasteiger partial charge in [-0.1, -0.05) is 11.6 Å². The topological polar surface area (TPSA) is 93.7 Å². The van der Waals surface area contributed by atoms with Gasteiger partial charge in [-0.15, -0.1) is 0 Å². The first-order chi connectivity index (χ1) is 13.3. The van der Waals surface area contributed by atoms with Crippen LogP contribution >= 0.6 is 11.6 Å². The molecule has 0 heterocycles. The number of rotatable bonds is 8. The third kappa shape index (κ3) is 7.24. The zero-order valence-corrected chi connectivity index (χ0v) is 15.7. The van der Waals surface area contributed by atoms with Crippen molar-refractivity contribution in [1.82, 2.24) is 5.32 Å². The van der Waals surface area contributed by atoms with Crippen molar-refractivity contribution < 1.29 is 28.2 Å². The monoisotopic (exact) mass is 408 g/mol. The van der Waals surface area contributed by atoms with E-state index in [1.165, 1.54) is 24.3 Å². The van der Waals surface area contributed by atoms with Gasteiger partial charge in [0.15, 0.2) is 13.2 Å². The minimum atomic E-state index is -0.736. The number of carbonyl (C=O) groups excluding carboxylic acids is 3. The van der Waals surface area contributed by atoms with Crippen molar-refractivity contribution in [2.45, 2.75) is 6.92 Å². The Hall–Kier alpha value is -3.13. The highest BCUT2D eigenvalue weighted by Gasteiger charge is 2.11. The van der Waals surface area contributed by atoms with E-state index in [2.05, 4.69) is 10.6 Å². The van der Waals surface area contributed by atoms with Crippen LogP contribution in [0.25, 0.3) is 0 Å². The molecule has 0 radical (unpaired) electrons. The van der Waals surface area contributed by atoms with Gasteiger partial charge in [0.2, 0.25) is 5.91 Å². The predicted molar refractivity (Wildman–Crippen MR) is 101 cm³/mol. The number of halogens is 2. The summed E-state index contributed by atoms with van der Waals surface area (Å²) in [5.74, 6) is -1.84. The number of benzene rings is 2. The van der Waals surface area contributed by atoms with E-state index in [9.17, 15) is 18.8 Å². The zero-order valence-electron chi connectivity index (χ0n) is 15.0. The van der Waals surface area contributed by atoms with E-state index in [1.807, 2.05) is 0 Å². The van der Waals surface area contributed by atoms with E-state index < -0.39 is 30.2 Å². The molecule has 0 aromatic heterocycles. The lowest BCUT2D eigenvalue weighted by Gasteiger charge is -2.10. The van der Waals surface area contributed by atoms with Gasteiger partial charge in [0.25, 0.3) is 5.91 Å². The quantitative estimate of drug-likeness (QED) is 0.654. The smallest absolute Gasteiger partial charge is 0.344 e. The Kier molecular flexibility index (Phi) is 7.76. The van der Waals surface area contributed by atoms with Crippen molar-refractivity contribution in [3.63, 3.8) is 0 Å². The number of amides is 2. The Labute approximate surface area is 165 Å². The van der Waals surface area contributed by atoms with Crippen LogP contribution in [0.4, 0.5) is 10.1 Å². The van der Waals surface area contributed by atoms with Gasteiger partial charge in [-0.25, -0.2) is 9.18 Å². The van der Waals surface area contributed by atoms with Crippen LogP contribution in [0.15, 0.2) is 42.5 Å². The highest BCUT2D eigenvalue weighted by molar-refractivity contribution is 6.30. The van der Waals surface area contributed by atoms with E-state index in [-0.39, 0.29) is 13.2 Å². The molecule has 2 N–H and O–H groups in total. The number of hydrogen-bond donors (Lipinski definition) is 2. The molecule has 2 rings (SSSR count). The summed E-state index contributed by atoms with van der Waals surface area (Å²) in [6.07, 6.45) is 0. The number of anilines is 1. The van der Waals surface area contributed by atoms with Crippen LogP contribution in [0.5, 0.6) is 5.75 Å². The first kappa shape index (κ1) is 21.2. The van der Waals surface area contributed by atoms with Gasteiger partial charge in [-0.2, -0.15) is 0 Å². The van der Waals surface area contributed by atoms with Gasteiger partial charge in [0.1, 0.15) is 11.6 Å². The van der Waals surface area contributed by atoms with Crippen molar-refractivity contribution >= 4 is 35.1 Å². The van der Waals surface area contributed by atoms with Crippen LogP contribution < -0.4 is 15.4 Å². The average Bonchev–Trinajstić information content (AvgIpc) is 2.66. The molecule has 0 atom stereocenters. The Morgan fingerprint density at radius 1 is 1.04 bits per heavy atom. The molecule has 0 unspecified atom stereocenters. The third-order valence-electron chi connectivity index (χ3n) is 3.42. The lowest BCUT2D eigenvalue weighted by atomic mass is 10.2. The zero-order chi connectivity index (χ0) is 20.5. The van der Waals surface area contributed by atoms with E-state index >= 15 is 0 Å². The molecule has 0 saturated heterocycles. The molecule has 0 aliphatic rings. The van der Waals surface area contributed by atoms with Crippen molar-refractivity contribution in [3.05, 3.63) is 58.9 Å². The molecule has 0 aliphatic heterocycles. The number of nitrogens with one attached hydrogen (secondary N) is 2. The van der Waals surface area contributed by atoms with Crippen molar-refractivity contribution in [3.8, 4) is 5.75 Å². The summed E-state index contributed by atoms with van der Waals surface area (Å²) < 4.78 is 22.9. The molecule has 28 heavy (non-hydrogen) atoms. The van der Waals surface area contributed by atoms with Crippen LogP contribution in [-0.2, 0) is 19.1 Å². The average molecular weight is 409 g/mol. The summed E-state index contributed by atoms with van der Waals surface area (Å²) in [5.41, 5.74) is 1.15. The minimum Gasteiger partial charge on any atom is -0.482 e. The largest absolute Gasteiger partial charge is 0.482 e. The molecular weight excluding hydrogens is 391 g/mol. The molecular formula is C19H18ClFN2O5. The van der Waals surface area contributed by atoms with Gasteiger partial charge >= 0.3 is 5.97 Å². The van der Waals surface area contributed by atoms with Crippen molar-refractivity contribution in [2.75, 3.05) is 25.1 Å². The fraction of sp³-hybridized carbons (Fsp3) is 0.211. The van der Waals surface area contributed by atoms with Crippen LogP contribution in [0, 0.1) is 12.7 Å². The molecule has 148 valence electrons. The number of carbonyl (C=O) groups is 3. The second-order valence-corrected chi connectivity index (χ2v) is 6.13. The third-order valence-corrected chi connectivity index (χ3v) is 3.66. The molecule has 9 heteroatoms. The summed E-state index contributed by atoms with van der Waals surface area (Å²) in [6, 6.07) is 10.1. The molecule has 0 aliphatic carbocycles. The number of hydrogen-bond acceptors (Lipinski definition) is 5. The van der Waals surface area contributed by atoms with E-state index in [0.717, 1.165) is 5.56 Å². The maximum atomic E-state index is 12.8. The Balaban J connectivity index is 1.65.